The molecule has 0 aromatic heterocycles. The average Bonchev–Trinajstić information content (AvgIpc) is 2.35. The number of aliphatic hydroxyl groups is 1. The quantitative estimate of drug-likeness (QED) is 0.330. The molecule has 0 atom stereocenters. The lowest BCUT2D eigenvalue weighted by molar-refractivity contribution is 0.0465. The standard InChI is InChI=1S/C13H18FN3O2/c1-17(7-8-5-9(18)6-8)11-4-2-3-10(14)12(11)13(15)16-19/h2-4,8-9,18-19H,5-7H2,1H3,(H2,15,16). The molecular formula is C13H18FN3O2. The monoisotopic (exact) mass is 267 g/mol. The van der Waals surface area contributed by atoms with E-state index in [0.29, 0.717) is 18.2 Å². The molecule has 0 unspecified atom stereocenters. The van der Waals surface area contributed by atoms with Gasteiger partial charge in [-0.15, -0.1) is 0 Å². The SMILES string of the molecule is CN(CC1CC(O)C1)c1cccc(F)c1C(N)=NO. The van der Waals surface area contributed by atoms with Crippen molar-refractivity contribution < 1.29 is 14.7 Å². The fraction of sp³-hybridized carbons (Fsp3) is 0.462. The first-order chi connectivity index (χ1) is 9.02. The molecule has 0 radical (unpaired) electrons. The molecule has 0 amide bonds. The van der Waals surface area contributed by atoms with Gasteiger partial charge in [0.1, 0.15) is 5.82 Å². The molecule has 0 aliphatic heterocycles. The molecular weight excluding hydrogens is 249 g/mol. The van der Waals surface area contributed by atoms with Gasteiger partial charge >= 0.3 is 0 Å². The van der Waals surface area contributed by atoms with Gasteiger partial charge in [0, 0.05) is 13.6 Å². The van der Waals surface area contributed by atoms with E-state index in [2.05, 4.69) is 5.16 Å². The summed E-state index contributed by atoms with van der Waals surface area (Å²) in [6, 6.07) is 4.59. The van der Waals surface area contributed by atoms with Crippen LogP contribution in [-0.4, -0.2) is 35.8 Å². The molecule has 2 rings (SSSR count). The molecule has 6 heteroatoms. The third-order valence-corrected chi connectivity index (χ3v) is 3.51. The second-order valence-corrected chi connectivity index (χ2v) is 4.99. The number of amidine groups is 1. The third-order valence-electron chi connectivity index (χ3n) is 3.51. The first-order valence-electron chi connectivity index (χ1n) is 6.18. The molecule has 1 fully saturated rings. The Kier molecular flexibility index (Phi) is 3.90. The maximum absolute atomic E-state index is 13.8. The van der Waals surface area contributed by atoms with Crippen molar-refractivity contribution in [1.29, 1.82) is 0 Å². The van der Waals surface area contributed by atoms with Gasteiger partial charge in [0.05, 0.1) is 17.4 Å². The molecule has 0 bridgehead atoms. The van der Waals surface area contributed by atoms with Gasteiger partial charge in [0.25, 0.3) is 0 Å². The molecule has 1 aliphatic carbocycles. The topological polar surface area (TPSA) is 82.1 Å². The Morgan fingerprint density at radius 3 is 2.79 bits per heavy atom. The number of benzene rings is 1. The summed E-state index contributed by atoms with van der Waals surface area (Å²) in [5.41, 5.74) is 6.21. The lowest BCUT2D eigenvalue weighted by Crippen LogP contribution is -2.37. The molecule has 0 saturated heterocycles. The minimum atomic E-state index is -0.520. The molecule has 1 aromatic carbocycles. The zero-order valence-electron chi connectivity index (χ0n) is 10.8. The number of anilines is 1. The van der Waals surface area contributed by atoms with Crippen LogP contribution in [0.5, 0.6) is 0 Å². The van der Waals surface area contributed by atoms with Crippen LogP contribution in [0.15, 0.2) is 23.4 Å². The molecule has 0 heterocycles. The van der Waals surface area contributed by atoms with E-state index < -0.39 is 5.82 Å². The molecule has 0 spiro atoms. The zero-order chi connectivity index (χ0) is 14.0. The van der Waals surface area contributed by atoms with Crippen LogP contribution in [0.4, 0.5) is 10.1 Å². The van der Waals surface area contributed by atoms with E-state index in [1.54, 1.807) is 12.1 Å². The Morgan fingerprint density at radius 1 is 1.53 bits per heavy atom. The van der Waals surface area contributed by atoms with E-state index in [1.165, 1.54) is 6.07 Å². The molecule has 5 nitrogen and oxygen atoms in total. The minimum absolute atomic E-state index is 0.104. The van der Waals surface area contributed by atoms with Crippen molar-refractivity contribution in [1.82, 2.24) is 0 Å². The van der Waals surface area contributed by atoms with E-state index in [-0.39, 0.29) is 17.5 Å². The summed E-state index contributed by atoms with van der Waals surface area (Å²) in [4.78, 5) is 1.87. The smallest absolute Gasteiger partial charge is 0.175 e. The number of oxime groups is 1. The second kappa shape index (κ2) is 5.44. The predicted octanol–water partition coefficient (Wildman–Crippen LogP) is 1.13. The van der Waals surface area contributed by atoms with Crippen LogP contribution in [0, 0.1) is 11.7 Å². The molecule has 1 saturated carbocycles. The summed E-state index contributed by atoms with van der Waals surface area (Å²) in [5, 5.41) is 20.9. The van der Waals surface area contributed by atoms with E-state index in [9.17, 15) is 9.50 Å². The van der Waals surface area contributed by atoms with Crippen molar-refractivity contribution in [3.63, 3.8) is 0 Å². The van der Waals surface area contributed by atoms with Crippen LogP contribution in [0.2, 0.25) is 0 Å². The van der Waals surface area contributed by atoms with E-state index in [1.807, 2.05) is 11.9 Å². The van der Waals surface area contributed by atoms with Crippen LogP contribution in [0.3, 0.4) is 0 Å². The second-order valence-electron chi connectivity index (χ2n) is 4.99. The maximum Gasteiger partial charge on any atom is 0.175 e. The Morgan fingerprint density at radius 2 is 2.21 bits per heavy atom. The number of nitrogens with two attached hydrogens (primary N) is 1. The van der Waals surface area contributed by atoms with Crippen molar-refractivity contribution >= 4 is 11.5 Å². The van der Waals surface area contributed by atoms with E-state index >= 15 is 0 Å². The first-order valence-corrected chi connectivity index (χ1v) is 6.18. The van der Waals surface area contributed by atoms with Crippen molar-refractivity contribution in [2.45, 2.75) is 18.9 Å². The highest BCUT2D eigenvalue weighted by atomic mass is 19.1. The van der Waals surface area contributed by atoms with Crippen LogP contribution < -0.4 is 10.6 Å². The maximum atomic E-state index is 13.8. The van der Waals surface area contributed by atoms with Crippen LogP contribution >= 0.6 is 0 Å². The van der Waals surface area contributed by atoms with Crippen LogP contribution in [0.1, 0.15) is 18.4 Å². The predicted molar refractivity (Wildman–Crippen MR) is 70.9 cm³/mol. The van der Waals surface area contributed by atoms with E-state index in [4.69, 9.17) is 10.9 Å². The Hall–Kier alpha value is -1.82. The first kappa shape index (κ1) is 13.6. The Labute approximate surface area is 111 Å². The number of halogens is 1. The highest BCUT2D eigenvalue weighted by molar-refractivity contribution is 6.02. The van der Waals surface area contributed by atoms with Gasteiger partial charge in [-0.2, -0.15) is 0 Å². The Bertz CT molecular complexity index is 487. The fourth-order valence-corrected chi connectivity index (χ4v) is 2.47. The molecule has 1 aromatic rings. The van der Waals surface area contributed by atoms with Gasteiger partial charge in [-0.25, -0.2) is 4.39 Å². The van der Waals surface area contributed by atoms with Gasteiger partial charge in [-0.1, -0.05) is 11.2 Å². The number of aliphatic hydroxyl groups excluding tert-OH is 1. The summed E-state index contributed by atoms with van der Waals surface area (Å²) < 4.78 is 13.8. The lowest BCUT2D eigenvalue weighted by Gasteiger charge is -2.35. The number of nitrogens with zero attached hydrogens (tertiary/aromatic N) is 2. The van der Waals surface area contributed by atoms with Gasteiger partial charge in [0.2, 0.25) is 0 Å². The zero-order valence-corrected chi connectivity index (χ0v) is 10.8. The largest absolute Gasteiger partial charge is 0.409 e. The van der Waals surface area contributed by atoms with Crippen molar-refractivity contribution in [2.75, 3.05) is 18.5 Å². The summed E-state index contributed by atoms with van der Waals surface area (Å²) in [6.07, 6.45) is 1.31. The normalized spacial score (nSPS) is 23.0. The van der Waals surface area contributed by atoms with Crippen molar-refractivity contribution in [3.8, 4) is 0 Å². The summed E-state index contributed by atoms with van der Waals surface area (Å²) >= 11 is 0. The number of hydrogen-bond donors (Lipinski definition) is 3. The van der Waals surface area contributed by atoms with E-state index in [0.717, 1.165) is 12.8 Å². The van der Waals surface area contributed by atoms with Crippen LogP contribution in [0.25, 0.3) is 0 Å². The van der Waals surface area contributed by atoms with Crippen molar-refractivity contribution in [2.24, 2.45) is 16.8 Å². The molecule has 1 aliphatic rings. The minimum Gasteiger partial charge on any atom is -0.409 e. The number of rotatable bonds is 4. The molecule has 19 heavy (non-hydrogen) atoms. The van der Waals surface area contributed by atoms with Gasteiger partial charge < -0.3 is 20.9 Å². The fourth-order valence-electron chi connectivity index (χ4n) is 2.47. The number of hydrogen-bond acceptors (Lipinski definition) is 4. The van der Waals surface area contributed by atoms with Gasteiger partial charge in [0.15, 0.2) is 5.84 Å². The highest BCUT2D eigenvalue weighted by Gasteiger charge is 2.29. The van der Waals surface area contributed by atoms with Crippen molar-refractivity contribution in [3.05, 3.63) is 29.6 Å². The lowest BCUT2D eigenvalue weighted by atomic mass is 9.82. The summed E-state index contributed by atoms with van der Waals surface area (Å²) in [5.74, 6) is -0.370. The summed E-state index contributed by atoms with van der Waals surface area (Å²) in [7, 11) is 1.83. The average molecular weight is 267 g/mol. The van der Waals surface area contributed by atoms with Gasteiger partial charge in [-0.3, -0.25) is 0 Å². The van der Waals surface area contributed by atoms with Gasteiger partial charge in [-0.05, 0) is 30.9 Å². The Balaban J connectivity index is 2.21. The van der Waals surface area contributed by atoms with Crippen LogP contribution in [-0.2, 0) is 0 Å². The third kappa shape index (κ3) is 2.78. The molecule has 4 N–H and O–H groups in total. The summed E-state index contributed by atoms with van der Waals surface area (Å²) in [6.45, 7) is 0.701. The molecule has 104 valence electrons. The highest BCUT2D eigenvalue weighted by Crippen LogP contribution is 2.30.